The fourth-order valence-corrected chi connectivity index (χ4v) is 3.00. The summed E-state index contributed by atoms with van der Waals surface area (Å²) in [6.07, 6.45) is 1.66. The summed E-state index contributed by atoms with van der Waals surface area (Å²) in [6, 6.07) is 19.5. The number of ether oxygens (including phenoxy) is 1. The number of benzene rings is 2. The zero-order chi connectivity index (χ0) is 18.8. The van der Waals surface area contributed by atoms with E-state index in [-0.39, 0.29) is 12.6 Å². The number of anilines is 1. The Bertz CT molecular complexity index is 1120. The number of rotatable bonds is 4. The Morgan fingerprint density at radius 3 is 2.59 bits per heavy atom. The molecule has 4 rings (SSSR count). The molecule has 6 nitrogen and oxygen atoms in total. The first-order valence-corrected chi connectivity index (χ1v) is 8.54. The van der Waals surface area contributed by atoms with Crippen LogP contribution in [0.4, 0.5) is 5.82 Å². The topological polar surface area (TPSA) is 83.0 Å². The van der Waals surface area contributed by atoms with E-state index in [2.05, 4.69) is 9.55 Å². The minimum absolute atomic E-state index is 0.253. The minimum atomic E-state index is -0.297. The van der Waals surface area contributed by atoms with Gasteiger partial charge in [-0.2, -0.15) is 0 Å². The average Bonchev–Trinajstić information content (AvgIpc) is 3.06. The van der Waals surface area contributed by atoms with Gasteiger partial charge in [0.05, 0.1) is 16.6 Å². The van der Waals surface area contributed by atoms with E-state index < -0.39 is 0 Å². The molecule has 0 atom stereocenters. The Morgan fingerprint density at radius 2 is 1.85 bits per heavy atom. The van der Waals surface area contributed by atoms with Crippen LogP contribution in [0.3, 0.4) is 0 Å². The van der Waals surface area contributed by atoms with E-state index in [0.717, 1.165) is 33.7 Å². The van der Waals surface area contributed by atoms with Crippen molar-refractivity contribution in [3.05, 3.63) is 72.4 Å². The molecule has 2 aromatic heterocycles. The molecule has 0 spiro atoms. The van der Waals surface area contributed by atoms with E-state index in [1.807, 2.05) is 60.7 Å². The number of carbonyl (C=O) groups excluding carboxylic acids is 1. The Morgan fingerprint density at radius 1 is 1.07 bits per heavy atom. The van der Waals surface area contributed by atoms with Crippen LogP contribution >= 0.6 is 0 Å². The van der Waals surface area contributed by atoms with E-state index in [4.69, 9.17) is 15.5 Å². The second kappa shape index (κ2) is 6.92. The van der Waals surface area contributed by atoms with Gasteiger partial charge in [-0.3, -0.25) is 9.36 Å². The van der Waals surface area contributed by atoms with Crippen molar-refractivity contribution < 1.29 is 9.53 Å². The molecular weight excluding hydrogens is 340 g/mol. The lowest BCUT2D eigenvalue weighted by Crippen LogP contribution is -2.02. The fourth-order valence-electron chi connectivity index (χ4n) is 3.00. The number of hydrogen-bond acceptors (Lipinski definition) is 5. The smallest absolute Gasteiger partial charge is 0.302 e. The maximum Gasteiger partial charge on any atom is 0.302 e. The van der Waals surface area contributed by atoms with Crippen molar-refractivity contribution >= 4 is 22.8 Å². The highest BCUT2D eigenvalue weighted by atomic mass is 16.5. The third kappa shape index (κ3) is 3.25. The standard InChI is InChI=1S/C21H18N4O2/c1-14(26)27-13-15-8-10-16(11-9-15)25-19-7-3-2-6-18(19)24-21(25)17-5-4-12-23-20(17)22/h2-12H,13H2,1H3,(H2,22,23). The lowest BCUT2D eigenvalue weighted by molar-refractivity contribution is -0.142. The van der Waals surface area contributed by atoms with Gasteiger partial charge < -0.3 is 10.5 Å². The van der Waals surface area contributed by atoms with Crippen molar-refractivity contribution in [1.29, 1.82) is 0 Å². The van der Waals surface area contributed by atoms with Gasteiger partial charge in [0.1, 0.15) is 18.2 Å². The number of nitrogens with two attached hydrogens (primary N) is 1. The molecule has 0 bridgehead atoms. The van der Waals surface area contributed by atoms with Crippen molar-refractivity contribution in [3.63, 3.8) is 0 Å². The van der Waals surface area contributed by atoms with Crippen LogP contribution in [0, 0.1) is 0 Å². The number of para-hydroxylation sites is 2. The molecule has 0 saturated carbocycles. The molecule has 4 aromatic rings. The Balaban J connectivity index is 1.84. The number of nitrogen functional groups attached to an aromatic ring is 1. The van der Waals surface area contributed by atoms with Crippen LogP contribution in [0.25, 0.3) is 28.1 Å². The Hall–Kier alpha value is -3.67. The lowest BCUT2D eigenvalue weighted by atomic mass is 10.2. The van der Waals surface area contributed by atoms with E-state index in [1.165, 1.54) is 6.92 Å². The number of carbonyl (C=O) groups is 1. The van der Waals surface area contributed by atoms with Crippen LogP contribution in [0.1, 0.15) is 12.5 Å². The largest absolute Gasteiger partial charge is 0.461 e. The molecule has 2 heterocycles. The number of pyridine rings is 1. The summed E-state index contributed by atoms with van der Waals surface area (Å²) in [5, 5.41) is 0. The van der Waals surface area contributed by atoms with Crippen molar-refractivity contribution in [2.45, 2.75) is 13.5 Å². The maximum absolute atomic E-state index is 11.0. The lowest BCUT2D eigenvalue weighted by Gasteiger charge is -2.11. The molecule has 6 heteroatoms. The number of nitrogens with zero attached hydrogens (tertiary/aromatic N) is 3. The molecule has 0 saturated heterocycles. The van der Waals surface area contributed by atoms with Gasteiger partial charge in [-0.05, 0) is 42.0 Å². The van der Waals surface area contributed by atoms with E-state index in [0.29, 0.717) is 5.82 Å². The third-order valence-electron chi connectivity index (χ3n) is 4.28. The van der Waals surface area contributed by atoms with Gasteiger partial charge in [0.15, 0.2) is 0 Å². The molecular formula is C21H18N4O2. The van der Waals surface area contributed by atoms with E-state index >= 15 is 0 Å². The SMILES string of the molecule is CC(=O)OCc1ccc(-n2c(-c3cccnc3N)nc3ccccc32)cc1. The van der Waals surface area contributed by atoms with E-state index in [1.54, 1.807) is 6.20 Å². The van der Waals surface area contributed by atoms with Crippen LogP contribution in [-0.2, 0) is 16.1 Å². The Kier molecular flexibility index (Phi) is 4.30. The predicted octanol–water partition coefficient (Wildman–Crippen LogP) is 3.73. The van der Waals surface area contributed by atoms with E-state index in [9.17, 15) is 4.79 Å². The van der Waals surface area contributed by atoms with Crippen LogP contribution in [0.15, 0.2) is 66.9 Å². The van der Waals surface area contributed by atoms with Gasteiger partial charge in [-0.25, -0.2) is 9.97 Å². The highest BCUT2D eigenvalue weighted by molar-refractivity contribution is 5.85. The minimum Gasteiger partial charge on any atom is -0.461 e. The van der Waals surface area contributed by atoms with Crippen LogP contribution in [0.5, 0.6) is 0 Å². The van der Waals surface area contributed by atoms with Crippen LogP contribution in [-0.4, -0.2) is 20.5 Å². The highest BCUT2D eigenvalue weighted by Gasteiger charge is 2.16. The van der Waals surface area contributed by atoms with Crippen LogP contribution < -0.4 is 5.73 Å². The molecule has 0 unspecified atom stereocenters. The maximum atomic E-state index is 11.0. The first kappa shape index (κ1) is 16.8. The van der Waals surface area contributed by atoms with Crippen molar-refractivity contribution in [2.75, 3.05) is 5.73 Å². The normalized spacial score (nSPS) is 10.9. The first-order chi connectivity index (χ1) is 13.1. The summed E-state index contributed by atoms with van der Waals surface area (Å²) < 4.78 is 7.11. The zero-order valence-electron chi connectivity index (χ0n) is 14.8. The summed E-state index contributed by atoms with van der Waals surface area (Å²) in [5.74, 6) is 0.865. The van der Waals surface area contributed by atoms with Gasteiger partial charge in [0, 0.05) is 18.8 Å². The summed E-state index contributed by atoms with van der Waals surface area (Å²) in [4.78, 5) is 20.0. The summed E-state index contributed by atoms with van der Waals surface area (Å²) in [7, 11) is 0. The second-order valence-electron chi connectivity index (χ2n) is 6.14. The molecule has 0 fully saturated rings. The number of hydrogen-bond donors (Lipinski definition) is 1. The van der Waals surface area contributed by atoms with Crippen molar-refractivity contribution in [1.82, 2.24) is 14.5 Å². The van der Waals surface area contributed by atoms with Gasteiger partial charge in [0.2, 0.25) is 0 Å². The van der Waals surface area contributed by atoms with Crippen LogP contribution in [0.2, 0.25) is 0 Å². The first-order valence-electron chi connectivity index (χ1n) is 8.54. The molecule has 0 aliphatic carbocycles. The summed E-state index contributed by atoms with van der Waals surface area (Å²) in [5.41, 5.74) is 10.6. The third-order valence-corrected chi connectivity index (χ3v) is 4.28. The molecule has 2 N–H and O–H groups in total. The van der Waals surface area contributed by atoms with Gasteiger partial charge >= 0.3 is 5.97 Å². The monoisotopic (exact) mass is 358 g/mol. The summed E-state index contributed by atoms with van der Waals surface area (Å²) in [6.45, 7) is 1.65. The van der Waals surface area contributed by atoms with Gasteiger partial charge in [0.25, 0.3) is 0 Å². The molecule has 27 heavy (non-hydrogen) atoms. The molecule has 0 radical (unpaired) electrons. The molecule has 2 aromatic carbocycles. The quantitative estimate of drug-likeness (QED) is 0.562. The number of imidazole rings is 1. The number of fused-ring (bicyclic) bond motifs is 1. The molecule has 0 aliphatic heterocycles. The molecule has 134 valence electrons. The summed E-state index contributed by atoms with van der Waals surface area (Å²) >= 11 is 0. The second-order valence-corrected chi connectivity index (χ2v) is 6.14. The van der Waals surface area contributed by atoms with Crippen molar-refractivity contribution in [3.8, 4) is 17.1 Å². The molecule has 0 aliphatic rings. The van der Waals surface area contributed by atoms with Gasteiger partial charge in [-0.1, -0.05) is 24.3 Å². The zero-order valence-corrected chi connectivity index (χ0v) is 14.8. The van der Waals surface area contributed by atoms with Gasteiger partial charge in [-0.15, -0.1) is 0 Å². The predicted molar refractivity (Wildman–Crippen MR) is 104 cm³/mol. The highest BCUT2D eigenvalue weighted by Crippen LogP contribution is 2.30. The number of esters is 1. The molecule has 0 amide bonds. The average molecular weight is 358 g/mol. The fraction of sp³-hybridized carbons (Fsp3) is 0.0952. The number of aromatic nitrogens is 3. The Labute approximate surface area is 156 Å². The van der Waals surface area contributed by atoms with Crippen molar-refractivity contribution in [2.24, 2.45) is 0 Å².